The van der Waals surface area contributed by atoms with Gasteiger partial charge in [0.15, 0.2) is 5.96 Å². The van der Waals surface area contributed by atoms with Crippen molar-refractivity contribution in [3.05, 3.63) is 52.0 Å². The molecule has 1 unspecified atom stereocenters. The Bertz CT molecular complexity index is 763. The molecule has 1 aliphatic rings. The van der Waals surface area contributed by atoms with E-state index >= 15 is 0 Å². The first-order valence-electron chi connectivity index (χ1n) is 8.06. The number of hydrogen-bond acceptors (Lipinski definition) is 3. The van der Waals surface area contributed by atoms with Crippen molar-refractivity contribution in [2.45, 2.75) is 12.6 Å². The van der Waals surface area contributed by atoms with Gasteiger partial charge in [0, 0.05) is 49.0 Å². The van der Waals surface area contributed by atoms with Crippen molar-refractivity contribution in [2.24, 2.45) is 12.0 Å². The Morgan fingerprint density at radius 3 is 3.04 bits per heavy atom. The summed E-state index contributed by atoms with van der Waals surface area (Å²) in [5, 5.41) is 7.44. The molecule has 1 aliphatic heterocycles. The molecule has 2 aromatic rings. The van der Waals surface area contributed by atoms with Crippen molar-refractivity contribution in [1.29, 1.82) is 0 Å². The summed E-state index contributed by atoms with van der Waals surface area (Å²) in [6.07, 6.45) is 3.73. The maximum Gasteiger partial charge on any atom is 0.194 e. The summed E-state index contributed by atoms with van der Waals surface area (Å²) in [7, 11) is 3.62. The van der Waals surface area contributed by atoms with Crippen LogP contribution >= 0.6 is 15.9 Å². The highest BCUT2D eigenvalue weighted by molar-refractivity contribution is 9.10. The average Bonchev–Trinajstić information content (AvgIpc) is 3.04. The zero-order chi connectivity index (χ0) is 17.8. The minimum Gasteiger partial charge on any atom is -0.370 e. The third kappa shape index (κ3) is 4.38. The van der Waals surface area contributed by atoms with Gasteiger partial charge in [0.1, 0.15) is 11.9 Å². The number of morpholine rings is 1. The first-order valence-corrected chi connectivity index (χ1v) is 8.86. The Kier molecular flexibility index (Phi) is 5.70. The summed E-state index contributed by atoms with van der Waals surface area (Å²) in [5.74, 6) is 0.493. The van der Waals surface area contributed by atoms with Crippen LogP contribution in [0.2, 0.25) is 0 Å². The SMILES string of the molecule is CN=C(NCc1ccc(Br)cc1F)N1CCOC(c2cnn(C)c2)C1. The summed E-state index contributed by atoms with van der Waals surface area (Å²) in [6, 6.07) is 5.06. The molecular weight excluding hydrogens is 389 g/mol. The predicted molar refractivity (Wildman–Crippen MR) is 97.8 cm³/mol. The molecule has 1 aromatic carbocycles. The van der Waals surface area contributed by atoms with Gasteiger partial charge in [0.2, 0.25) is 0 Å². The number of nitrogens with zero attached hydrogens (tertiary/aromatic N) is 4. The standard InChI is InChI=1S/C17H21BrFN5O/c1-20-17(21-8-12-3-4-14(18)7-15(12)19)24-5-6-25-16(11-24)13-9-22-23(2)10-13/h3-4,7,9-10,16H,5-6,8,11H2,1-2H3,(H,20,21). The van der Waals surface area contributed by atoms with Crippen LogP contribution < -0.4 is 5.32 Å². The first kappa shape index (κ1) is 17.9. The van der Waals surface area contributed by atoms with E-state index in [1.165, 1.54) is 6.07 Å². The van der Waals surface area contributed by atoms with Gasteiger partial charge in [-0.25, -0.2) is 4.39 Å². The summed E-state index contributed by atoms with van der Waals surface area (Å²) >= 11 is 3.27. The van der Waals surface area contributed by atoms with Crippen LogP contribution in [-0.2, 0) is 18.3 Å². The summed E-state index contributed by atoms with van der Waals surface area (Å²) in [5.41, 5.74) is 1.64. The van der Waals surface area contributed by atoms with Crippen LogP contribution in [0.25, 0.3) is 0 Å². The van der Waals surface area contributed by atoms with Gasteiger partial charge in [0.05, 0.1) is 19.3 Å². The number of aliphatic imine (C=N–C) groups is 1. The zero-order valence-electron chi connectivity index (χ0n) is 14.2. The lowest BCUT2D eigenvalue weighted by molar-refractivity contribution is -0.00805. The van der Waals surface area contributed by atoms with E-state index in [1.54, 1.807) is 17.8 Å². The summed E-state index contributed by atoms with van der Waals surface area (Å²) < 4.78 is 22.3. The Morgan fingerprint density at radius 1 is 1.52 bits per heavy atom. The fraction of sp³-hybridized carbons (Fsp3) is 0.412. The fourth-order valence-corrected chi connectivity index (χ4v) is 3.15. The van der Waals surface area contributed by atoms with E-state index in [0.29, 0.717) is 25.3 Å². The van der Waals surface area contributed by atoms with Gasteiger partial charge in [-0.3, -0.25) is 9.67 Å². The lowest BCUT2D eigenvalue weighted by Crippen LogP contribution is -2.48. The lowest BCUT2D eigenvalue weighted by atomic mass is 10.1. The fourth-order valence-electron chi connectivity index (χ4n) is 2.82. The third-order valence-electron chi connectivity index (χ3n) is 4.13. The number of benzene rings is 1. The van der Waals surface area contributed by atoms with Crippen LogP contribution in [0.3, 0.4) is 0 Å². The minimum absolute atomic E-state index is 0.0505. The van der Waals surface area contributed by atoms with E-state index in [2.05, 4.69) is 36.2 Å². The van der Waals surface area contributed by atoms with Crippen molar-refractivity contribution < 1.29 is 9.13 Å². The van der Waals surface area contributed by atoms with Crippen LogP contribution in [-0.4, -0.2) is 47.4 Å². The number of ether oxygens (including phenoxy) is 1. The molecule has 0 amide bonds. The highest BCUT2D eigenvalue weighted by atomic mass is 79.9. The molecule has 1 atom stereocenters. The Morgan fingerprint density at radius 2 is 2.36 bits per heavy atom. The summed E-state index contributed by atoms with van der Waals surface area (Å²) in [6.45, 7) is 2.39. The highest BCUT2D eigenvalue weighted by Crippen LogP contribution is 2.22. The normalized spacial score (nSPS) is 18.5. The van der Waals surface area contributed by atoms with Gasteiger partial charge < -0.3 is 15.0 Å². The predicted octanol–water partition coefficient (Wildman–Crippen LogP) is 2.47. The van der Waals surface area contributed by atoms with Crippen LogP contribution in [0.4, 0.5) is 4.39 Å². The van der Waals surface area contributed by atoms with Crippen LogP contribution in [0, 0.1) is 5.82 Å². The van der Waals surface area contributed by atoms with Gasteiger partial charge >= 0.3 is 0 Å². The van der Waals surface area contributed by atoms with Crippen LogP contribution in [0.15, 0.2) is 40.1 Å². The van der Waals surface area contributed by atoms with Crippen molar-refractivity contribution in [3.63, 3.8) is 0 Å². The molecule has 2 heterocycles. The number of aryl methyl sites for hydroxylation is 1. The number of aromatic nitrogens is 2. The molecule has 0 saturated carbocycles. The molecule has 134 valence electrons. The monoisotopic (exact) mass is 409 g/mol. The molecular formula is C17H21BrFN5O. The Hall–Kier alpha value is -1.93. The molecule has 0 bridgehead atoms. The average molecular weight is 410 g/mol. The minimum atomic E-state index is -0.243. The molecule has 6 nitrogen and oxygen atoms in total. The topological polar surface area (TPSA) is 54.7 Å². The van der Waals surface area contributed by atoms with Crippen LogP contribution in [0.1, 0.15) is 17.2 Å². The second kappa shape index (κ2) is 7.97. The zero-order valence-corrected chi connectivity index (χ0v) is 15.8. The lowest BCUT2D eigenvalue weighted by Gasteiger charge is -2.34. The van der Waals surface area contributed by atoms with Gasteiger partial charge in [-0.1, -0.05) is 22.0 Å². The quantitative estimate of drug-likeness (QED) is 0.624. The molecule has 8 heteroatoms. The number of halogens is 2. The molecule has 1 aromatic heterocycles. The molecule has 0 aliphatic carbocycles. The third-order valence-corrected chi connectivity index (χ3v) is 4.62. The molecule has 0 radical (unpaired) electrons. The van der Waals surface area contributed by atoms with E-state index in [4.69, 9.17) is 4.74 Å². The van der Waals surface area contributed by atoms with E-state index in [1.807, 2.05) is 25.5 Å². The number of rotatable bonds is 3. The van der Waals surface area contributed by atoms with Gasteiger partial charge in [-0.05, 0) is 12.1 Å². The number of nitrogens with one attached hydrogen (secondary N) is 1. The van der Waals surface area contributed by atoms with Gasteiger partial charge in [-0.15, -0.1) is 0 Å². The van der Waals surface area contributed by atoms with E-state index < -0.39 is 0 Å². The smallest absolute Gasteiger partial charge is 0.194 e. The molecule has 25 heavy (non-hydrogen) atoms. The second-order valence-corrected chi connectivity index (χ2v) is 6.80. The summed E-state index contributed by atoms with van der Waals surface area (Å²) in [4.78, 5) is 6.45. The van der Waals surface area contributed by atoms with Crippen molar-refractivity contribution >= 4 is 21.9 Å². The molecule has 1 N–H and O–H groups in total. The maximum absolute atomic E-state index is 14.0. The second-order valence-electron chi connectivity index (χ2n) is 5.89. The van der Waals surface area contributed by atoms with E-state index in [9.17, 15) is 4.39 Å². The maximum atomic E-state index is 14.0. The van der Waals surface area contributed by atoms with E-state index in [-0.39, 0.29) is 11.9 Å². The van der Waals surface area contributed by atoms with Crippen molar-refractivity contribution in [2.75, 3.05) is 26.7 Å². The number of guanidine groups is 1. The largest absolute Gasteiger partial charge is 0.370 e. The van der Waals surface area contributed by atoms with Crippen molar-refractivity contribution in [3.8, 4) is 0 Å². The van der Waals surface area contributed by atoms with E-state index in [0.717, 1.165) is 22.5 Å². The van der Waals surface area contributed by atoms with Gasteiger partial charge in [0.25, 0.3) is 0 Å². The highest BCUT2D eigenvalue weighted by Gasteiger charge is 2.25. The molecule has 1 saturated heterocycles. The Labute approximate surface area is 154 Å². The molecule has 1 fully saturated rings. The molecule has 3 rings (SSSR count). The molecule has 0 spiro atoms. The first-order chi connectivity index (χ1) is 12.1. The van der Waals surface area contributed by atoms with Crippen LogP contribution in [0.5, 0.6) is 0 Å². The van der Waals surface area contributed by atoms with Gasteiger partial charge in [-0.2, -0.15) is 5.10 Å². The van der Waals surface area contributed by atoms with Crippen molar-refractivity contribution in [1.82, 2.24) is 20.0 Å². The number of hydrogen-bond donors (Lipinski definition) is 1. The Balaban J connectivity index is 1.64.